The van der Waals surface area contributed by atoms with Crippen LogP contribution < -0.4 is 10.1 Å². The molecule has 122 valence electrons. The highest BCUT2D eigenvalue weighted by Gasteiger charge is 2.19. The summed E-state index contributed by atoms with van der Waals surface area (Å²) in [5.74, 6) is 0.413. The fourth-order valence-corrected chi connectivity index (χ4v) is 2.37. The Morgan fingerprint density at radius 2 is 1.83 bits per heavy atom. The molecule has 0 unspecified atom stereocenters. The topological polar surface area (TPSA) is 38.3 Å². The molecule has 0 aromatic heterocycles. The van der Waals surface area contributed by atoms with Gasteiger partial charge in [-0.3, -0.25) is 4.79 Å². The van der Waals surface area contributed by atoms with E-state index in [9.17, 15) is 4.79 Å². The highest BCUT2D eigenvalue weighted by molar-refractivity contribution is 6.31. The molecule has 5 heteroatoms. The van der Waals surface area contributed by atoms with Gasteiger partial charge in [-0.25, -0.2) is 0 Å². The number of hydrogen-bond acceptors (Lipinski definition) is 2. The Labute approximate surface area is 146 Å². The standard InChI is InChI=1S/C18H19Cl2NO2/c1-4-17(23-14-7-8-15(19)12(3)9-14)18(22)21-13-6-5-11(2)16(20)10-13/h5-10,17H,4H2,1-3H3,(H,21,22)/t17-/m0/s1. The van der Waals surface area contributed by atoms with Crippen LogP contribution in [0, 0.1) is 13.8 Å². The van der Waals surface area contributed by atoms with E-state index >= 15 is 0 Å². The minimum Gasteiger partial charge on any atom is -0.481 e. The predicted molar refractivity (Wildman–Crippen MR) is 95.7 cm³/mol. The highest BCUT2D eigenvalue weighted by atomic mass is 35.5. The van der Waals surface area contributed by atoms with E-state index in [-0.39, 0.29) is 5.91 Å². The van der Waals surface area contributed by atoms with Crippen molar-refractivity contribution in [3.05, 3.63) is 57.6 Å². The summed E-state index contributed by atoms with van der Waals surface area (Å²) in [5.41, 5.74) is 2.52. The van der Waals surface area contributed by atoms with Gasteiger partial charge in [0.25, 0.3) is 5.91 Å². The number of carbonyl (C=O) groups excluding carboxylic acids is 1. The molecule has 3 nitrogen and oxygen atoms in total. The molecule has 1 amide bonds. The Kier molecular flexibility index (Phi) is 5.91. The Bertz CT molecular complexity index is 716. The van der Waals surface area contributed by atoms with Crippen molar-refractivity contribution >= 4 is 34.8 Å². The Morgan fingerprint density at radius 1 is 1.09 bits per heavy atom. The minimum absolute atomic E-state index is 0.208. The molecule has 0 aliphatic carbocycles. The van der Waals surface area contributed by atoms with E-state index in [0.717, 1.165) is 11.1 Å². The van der Waals surface area contributed by atoms with Gasteiger partial charge in [0.2, 0.25) is 0 Å². The summed E-state index contributed by atoms with van der Waals surface area (Å²) in [7, 11) is 0. The van der Waals surface area contributed by atoms with Crippen LogP contribution in [0.1, 0.15) is 24.5 Å². The zero-order valence-electron chi connectivity index (χ0n) is 13.3. The summed E-state index contributed by atoms with van der Waals surface area (Å²) in [6.07, 6.45) is -0.0386. The van der Waals surface area contributed by atoms with Gasteiger partial charge >= 0.3 is 0 Å². The lowest BCUT2D eigenvalue weighted by Gasteiger charge is -2.18. The number of benzene rings is 2. The molecule has 2 aromatic carbocycles. The lowest BCUT2D eigenvalue weighted by molar-refractivity contribution is -0.122. The van der Waals surface area contributed by atoms with Gasteiger partial charge in [-0.15, -0.1) is 0 Å². The normalized spacial score (nSPS) is 11.9. The van der Waals surface area contributed by atoms with Gasteiger partial charge in [0.05, 0.1) is 0 Å². The van der Waals surface area contributed by atoms with Crippen molar-refractivity contribution in [2.24, 2.45) is 0 Å². The average molecular weight is 352 g/mol. The maximum Gasteiger partial charge on any atom is 0.265 e. The molecule has 0 radical (unpaired) electrons. The van der Waals surface area contributed by atoms with Crippen LogP contribution in [-0.4, -0.2) is 12.0 Å². The zero-order valence-corrected chi connectivity index (χ0v) is 14.8. The highest BCUT2D eigenvalue weighted by Crippen LogP contribution is 2.23. The quantitative estimate of drug-likeness (QED) is 0.782. The van der Waals surface area contributed by atoms with Crippen LogP contribution in [0.15, 0.2) is 36.4 Å². The van der Waals surface area contributed by atoms with Crippen LogP contribution in [0.2, 0.25) is 10.0 Å². The summed E-state index contributed by atoms with van der Waals surface area (Å²) in [4.78, 5) is 12.4. The fourth-order valence-electron chi connectivity index (χ4n) is 2.07. The molecule has 23 heavy (non-hydrogen) atoms. The number of hydrogen-bond donors (Lipinski definition) is 1. The van der Waals surface area contributed by atoms with E-state index < -0.39 is 6.10 Å². The molecule has 0 heterocycles. The largest absolute Gasteiger partial charge is 0.481 e. The van der Waals surface area contributed by atoms with Crippen molar-refractivity contribution in [2.75, 3.05) is 5.32 Å². The summed E-state index contributed by atoms with van der Waals surface area (Å²) in [5, 5.41) is 4.12. The van der Waals surface area contributed by atoms with Crippen molar-refractivity contribution in [1.82, 2.24) is 0 Å². The van der Waals surface area contributed by atoms with Crippen molar-refractivity contribution < 1.29 is 9.53 Å². The molecule has 0 bridgehead atoms. The number of aryl methyl sites for hydroxylation is 2. The Hall–Kier alpha value is -1.71. The summed E-state index contributed by atoms with van der Waals surface area (Å²) < 4.78 is 5.78. The van der Waals surface area contributed by atoms with Crippen molar-refractivity contribution in [3.8, 4) is 5.75 Å². The van der Waals surface area contributed by atoms with Gasteiger partial charge < -0.3 is 10.1 Å². The second-order valence-electron chi connectivity index (χ2n) is 5.38. The maximum absolute atomic E-state index is 12.4. The first-order valence-corrected chi connectivity index (χ1v) is 8.16. The van der Waals surface area contributed by atoms with E-state index in [2.05, 4.69) is 5.32 Å². The third-order valence-corrected chi connectivity index (χ3v) is 4.34. The van der Waals surface area contributed by atoms with Crippen molar-refractivity contribution in [1.29, 1.82) is 0 Å². The minimum atomic E-state index is -0.587. The third kappa shape index (κ3) is 4.63. The lowest BCUT2D eigenvalue weighted by Crippen LogP contribution is -2.32. The molecule has 0 aliphatic heterocycles. The number of nitrogens with one attached hydrogen (secondary N) is 1. The van der Waals surface area contributed by atoms with Crippen LogP contribution >= 0.6 is 23.2 Å². The number of carbonyl (C=O) groups is 1. The van der Waals surface area contributed by atoms with E-state index in [1.807, 2.05) is 39.0 Å². The van der Waals surface area contributed by atoms with Crippen LogP contribution in [0.4, 0.5) is 5.69 Å². The van der Waals surface area contributed by atoms with Gasteiger partial charge in [-0.1, -0.05) is 36.2 Å². The summed E-state index contributed by atoms with van der Waals surface area (Å²) >= 11 is 12.1. The smallest absolute Gasteiger partial charge is 0.265 e. The van der Waals surface area contributed by atoms with E-state index in [0.29, 0.717) is 27.9 Å². The van der Waals surface area contributed by atoms with Crippen LogP contribution in [0.3, 0.4) is 0 Å². The van der Waals surface area contributed by atoms with Crippen LogP contribution in [0.25, 0.3) is 0 Å². The number of anilines is 1. The molecule has 0 saturated heterocycles. The average Bonchev–Trinajstić information content (AvgIpc) is 2.52. The molecular formula is C18H19Cl2NO2. The van der Waals surface area contributed by atoms with Crippen LogP contribution in [-0.2, 0) is 4.79 Å². The lowest BCUT2D eigenvalue weighted by atomic mass is 10.2. The molecule has 2 aromatic rings. The molecule has 1 N–H and O–H groups in total. The second-order valence-corrected chi connectivity index (χ2v) is 6.19. The maximum atomic E-state index is 12.4. The second kappa shape index (κ2) is 7.71. The first-order chi connectivity index (χ1) is 10.9. The third-order valence-electron chi connectivity index (χ3n) is 3.51. The van der Waals surface area contributed by atoms with Gasteiger partial charge in [-0.05, 0) is 61.7 Å². The number of halogens is 2. The number of amides is 1. The number of rotatable bonds is 5. The van der Waals surface area contributed by atoms with E-state index in [1.54, 1.807) is 18.2 Å². The first-order valence-electron chi connectivity index (χ1n) is 7.40. The summed E-state index contributed by atoms with van der Waals surface area (Å²) in [6, 6.07) is 10.8. The molecule has 0 fully saturated rings. The number of ether oxygens (including phenoxy) is 1. The zero-order chi connectivity index (χ0) is 17.0. The Morgan fingerprint density at radius 3 is 2.43 bits per heavy atom. The van der Waals surface area contributed by atoms with E-state index in [4.69, 9.17) is 27.9 Å². The van der Waals surface area contributed by atoms with Gasteiger partial charge in [0.1, 0.15) is 5.75 Å². The molecule has 1 atom stereocenters. The predicted octanol–water partition coefficient (Wildman–Crippen LogP) is 5.41. The van der Waals surface area contributed by atoms with Crippen molar-refractivity contribution in [2.45, 2.75) is 33.3 Å². The van der Waals surface area contributed by atoms with Crippen molar-refractivity contribution in [3.63, 3.8) is 0 Å². The summed E-state index contributed by atoms with van der Waals surface area (Å²) in [6.45, 7) is 5.70. The monoisotopic (exact) mass is 351 g/mol. The van der Waals surface area contributed by atoms with Gasteiger partial charge in [0.15, 0.2) is 6.10 Å². The molecule has 0 saturated carbocycles. The first kappa shape index (κ1) is 17.6. The SMILES string of the molecule is CC[C@H](Oc1ccc(Cl)c(C)c1)C(=O)Nc1ccc(C)c(Cl)c1. The van der Waals surface area contributed by atoms with Gasteiger partial charge in [0, 0.05) is 15.7 Å². The molecule has 2 rings (SSSR count). The molecule has 0 aliphatic rings. The Balaban J connectivity index is 2.08. The van der Waals surface area contributed by atoms with E-state index in [1.165, 1.54) is 0 Å². The van der Waals surface area contributed by atoms with Gasteiger partial charge in [-0.2, -0.15) is 0 Å². The fraction of sp³-hybridized carbons (Fsp3) is 0.278. The molecule has 0 spiro atoms. The van der Waals surface area contributed by atoms with Crippen LogP contribution in [0.5, 0.6) is 5.75 Å². The molecular weight excluding hydrogens is 333 g/mol.